The molecule has 0 spiro atoms. The zero-order valence-electron chi connectivity index (χ0n) is 12.0. The second kappa shape index (κ2) is 6.94. The Morgan fingerprint density at radius 1 is 0.955 bits per heavy atom. The number of halogens is 2. The third-order valence-corrected chi connectivity index (χ3v) is 4.18. The molecule has 2 aromatic rings. The van der Waals surface area contributed by atoms with E-state index in [1.54, 1.807) is 37.3 Å². The van der Waals surface area contributed by atoms with Crippen LogP contribution in [-0.4, -0.2) is 11.8 Å². The van der Waals surface area contributed by atoms with Crippen molar-refractivity contribution in [1.29, 1.82) is 0 Å². The van der Waals surface area contributed by atoms with Crippen LogP contribution in [0.5, 0.6) is 0 Å². The third kappa shape index (κ3) is 4.08. The molecule has 0 atom stereocenters. The van der Waals surface area contributed by atoms with Gasteiger partial charge in [-0.25, -0.2) is 0 Å². The molecule has 0 saturated heterocycles. The molecule has 2 amide bonds. The lowest BCUT2D eigenvalue weighted by Crippen LogP contribution is -2.29. The van der Waals surface area contributed by atoms with Crippen molar-refractivity contribution in [2.24, 2.45) is 0 Å². The Labute approximate surface area is 142 Å². The fraction of sp³-hybridized carbons (Fsp3) is 0.125. The van der Waals surface area contributed by atoms with E-state index < -0.39 is 11.8 Å². The fourth-order valence-electron chi connectivity index (χ4n) is 1.86. The van der Waals surface area contributed by atoms with E-state index in [9.17, 15) is 9.59 Å². The number of carbonyl (C=O) groups is 2. The first-order chi connectivity index (χ1) is 10.4. The summed E-state index contributed by atoms with van der Waals surface area (Å²) in [6.07, 6.45) is 0. The summed E-state index contributed by atoms with van der Waals surface area (Å²) in [5.41, 5.74) is 2.87. The van der Waals surface area contributed by atoms with Crippen molar-refractivity contribution in [3.05, 3.63) is 57.0 Å². The summed E-state index contributed by atoms with van der Waals surface area (Å²) in [4.78, 5) is 23.9. The van der Waals surface area contributed by atoms with Gasteiger partial charge in [0, 0.05) is 20.9 Å². The summed E-state index contributed by atoms with van der Waals surface area (Å²) in [5, 5.41) is 5.70. The van der Waals surface area contributed by atoms with E-state index in [1.165, 1.54) is 0 Å². The molecule has 114 valence electrons. The van der Waals surface area contributed by atoms with E-state index >= 15 is 0 Å². The molecule has 0 radical (unpaired) electrons. The van der Waals surface area contributed by atoms with Crippen molar-refractivity contribution in [3.8, 4) is 0 Å². The van der Waals surface area contributed by atoms with Crippen LogP contribution >= 0.6 is 27.5 Å². The van der Waals surface area contributed by atoms with Gasteiger partial charge in [-0.2, -0.15) is 0 Å². The predicted octanol–water partition coefficient (Wildman–Crippen LogP) is 4.30. The second-order valence-corrected chi connectivity index (χ2v) is 6.12. The number of benzene rings is 2. The van der Waals surface area contributed by atoms with Gasteiger partial charge in [0.1, 0.15) is 0 Å². The normalized spacial score (nSPS) is 10.2. The number of hydrogen-bond donors (Lipinski definition) is 2. The second-order valence-electron chi connectivity index (χ2n) is 4.83. The van der Waals surface area contributed by atoms with Gasteiger partial charge in [0.2, 0.25) is 0 Å². The Morgan fingerprint density at radius 2 is 1.64 bits per heavy atom. The van der Waals surface area contributed by atoms with Crippen LogP contribution in [0, 0.1) is 13.8 Å². The topological polar surface area (TPSA) is 58.2 Å². The minimum absolute atomic E-state index is 0.552. The first-order valence-electron chi connectivity index (χ1n) is 6.51. The van der Waals surface area contributed by atoms with E-state index in [0.717, 1.165) is 15.6 Å². The molecule has 6 heteroatoms. The van der Waals surface area contributed by atoms with Crippen LogP contribution in [0.1, 0.15) is 11.1 Å². The standard InChI is InChI=1S/C16H14BrClN2O2/c1-9-8-12(4-5-13(9)17)19-15(21)16(22)20-14-6-3-11(18)7-10(14)2/h3-8H,1-2H3,(H,19,21)(H,20,22). The quantitative estimate of drug-likeness (QED) is 0.762. The van der Waals surface area contributed by atoms with Crippen molar-refractivity contribution in [2.45, 2.75) is 13.8 Å². The summed E-state index contributed by atoms with van der Waals surface area (Å²) in [6.45, 7) is 3.70. The number of aryl methyl sites for hydroxylation is 2. The summed E-state index contributed by atoms with van der Waals surface area (Å²) >= 11 is 9.23. The van der Waals surface area contributed by atoms with Crippen molar-refractivity contribution < 1.29 is 9.59 Å². The zero-order chi connectivity index (χ0) is 16.3. The maximum Gasteiger partial charge on any atom is 0.314 e. The molecule has 0 aliphatic rings. The summed E-state index contributed by atoms with van der Waals surface area (Å²) in [6, 6.07) is 10.3. The van der Waals surface area contributed by atoms with Gasteiger partial charge in [0.25, 0.3) is 0 Å². The molecule has 0 bridgehead atoms. The lowest BCUT2D eigenvalue weighted by Gasteiger charge is -2.10. The van der Waals surface area contributed by atoms with E-state index in [1.807, 2.05) is 13.0 Å². The zero-order valence-corrected chi connectivity index (χ0v) is 14.4. The minimum atomic E-state index is -0.731. The highest BCUT2D eigenvalue weighted by molar-refractivity contribution is 9.10. The van der Waals surface area contributed by atoms with Gasteiger partial charge < -0.3 is 10.6 Å². The highest BCUT2D eigenvalue weighted by Crippen LogP contribution is 2.21. The molecular weight excluding hydrogens is 368 g/mol. The van der Waals surface area contributed by atoms with E-state index in [-0.39, 0.29) is 0 Å². The molecule has 0 aliphatic carbocycles. The van der Waals surface area contributed by atoms with Crippen molar-refractivity contribution in [3.63, 3.8) is 0 Å². The Balaban J connectivity index is 2.05. The number of hydrogen-bond acceptors (Lipinski definition) is 2. The molecule has 4 nitrogen and oxygen atoms in total. The van der Waals surface area contributed by atoms with Crippen LogP contribution in [0.25, 0.3) is 0 Å². The summed E-state index contributed by atoms with van der Waals surface area (Å²) in [7, 11) is 0. The Hall–Kier alpha value is -1.85. The van der Waals surface area contributed by atoms with Crippen LogP contribution in [0.2, 0.25) is 5.02 Å². The molecule has 0 fully saturated rings. The smallest absolute Gasteiger partial charge is 0.314 e. The van der Waals surface area contributed by atoms with Gasteiger partial charge in [0.15, 0.2) is 0 Å². The van der Waals surface area contributed by atoms with Gasteiger partial charge in [-0.15, -0.1) is 0 Å². The van der Waals surface area contributed by atoms with E-state index in [2.05, 4.69) is 26.6 Å². The number of nitrogens with one attached hydrogen (secondary N) is 2. The third-order valence-electron chi connectivity index (χ3n) is 3.06. The van der Waals surface area contributed by atoms with Gasteiger partial charge in [-0.1, -0.05) is 27.5 Å². The highest BCUT2D eigenvalue weighted by atomic mass is 79.9. The summed E-state index contributed by atoms with van der Waals surface area (Å²) < 4.78 is 0.937. The van der Waals surface area contributed by atoms with E-state index in [4.69, 9.17) is 11.6 Å². The molecule has 2 rings (SSSR count). The maximum absolute atomic E-state index is 11.9. The fourth-order valence-corrected chi connectivity index (χ4v) is 2.33. The Bertz CT molecular complexity index is 747. The Kier molecular flexibility index (Phi) is 5.21. The largest absolute Gasteiger partial charge is 0.318 e. The first kappa shape index (κ1) is 16.5. The van der Waals surface area contributed by atoms with Crippen molar-refractivity contribution >= 4 is 50.7 Å². The van der Waals surface area contributed by atoms with Gasteiger partial charge in [-0.3, -0.25) is 9.59 Å². The molecule has 0 aliphatic heterocycles. The summed E-state index contributed by atoms with van der Waals surface area (Å²) in [5.74, 6) is -1.46. The lowest BCUT2D eigenvalue weighted by atomic mass is 10.2. The monoisotopic (exact) mass is 380 g/mol. The average Bonchev–Trinajstić information content (AvgIpc) is 2.45. The minimum Gasteiger partial charge on any atom is -0.318 e. The van der Waals surface area contributed by atoms with Gasteiger partial charge >= 0.3 is 11.8 Å². The SMILES string of the molecule is Cc1cc(NC(=O)C(=O)Nc2ccc(Cl)cc2C)ccc1Br. The number of carbonyl (C=O) groups excluding carboxylic acids is 2. The van der Waals surface area contributed by atoms with E-state index in [0.29, 0.717) is 16.4 Å². The molecule has 22 heavy (non-hydrogen) atoms. The predicted molar refractivity (Wildman–Crippen MR) is 92.3 cm³/mol. The van der Waals surface area contributed by atoms with Crippen molar-refractivity contribution in [1.82, 2.24) is 0 Å². The highest BCUT2D eigenvalue weighted by Gasteiger charge is 2.15. The van der Waals surface area contributed by atoms with Crippen LogP contribution < -0.4 is 10.6 Å². The van der Waals surface area contributed by atoms with Gasteiger partial charge in [-0.05, 0) is 61.4 Å². The number of anilines is 2. The van der Waals surface area contributed by atoms with Gasteiger partial charge in [0.05, 0.1) is 0 Å². The average molecular weight is 382 g/mol. The van der Waals surface area contributed by atoms with Crippen LogP contribution in [0.15, 0.2) is 40.9 Å². The Morgan fingerprint density at radius 3 is 2.27 bits per heavy atom. The maximum atomic E-state index is 11.9. The first-order valence-corrected chi connectivity index (χ1v) is 7.68. The molecule has 2 N–H and O–H groups in total. The molecular formula is C16H14BrClN2O2. The van der Waals surface area contributed by atoms with Crippen molar-refractivity contribution in [2.75, 3.05) is 10.6 Å². The van der Waals surface area contributed by atoms with Crippen LogP contribution in [0.4, 0.5) is 11.4 Å². The molecule has 0 heterocycles. The van der Waals surface area contributed by atoms with Crippen LogP contribution in [0.3, 0.4) is 0 Å². The number of rotatable bonds is 2. The number of amides is 2. The molecule has 0 saturated carbocycles. The lowest BCUT2D eigenvalue weighted by molar-refractivity contribution is -0.133. The molecule has 0 aromatic heterocycles. The molecule has 0 unspecified atom stereocenters. The van der Waals surface area contributed by atoms with Crippen LogP contribution in [-0.2, 0) is 9.59 Å². The molecule has 2 aromatic carbocycles.